The molecule has 2 aromatic rings. The zero-order valence-corrected chi connectivity index (χ0v) is 10.2. The van der Waals surface area contributed by atoms with Gasteiger partial charge in [0.05, 0.1) is 5.69 Å². The second-order valence-electron chi connectivity index (χ2n) is 3.12. The van der Waals surface area contributed by atoms with Crippen LogP contribution < -0.4 is 5.32 Å². The van der Waals surface area contributed by atoms with Crippen molar-refractivity contribution in [3.63, 3.8) is 0 Å². The quantitative estimate of drug-likeness (QED) is 0.830. The van der Waals surface area contributed by atoms with Crippen molar-refractivity contribution in [1.82, 2.24) is 0 Å². The number of hydrogen-bond donors (Lipinski definition) is 1. The number of nitrogens with one attached hydrogen (secondary N) is 1. The lowest BCUT2D eigenvalue weighted by Crippen LogP contribution is -1.90. The minimum atomic E-state index is 0.723. The Kier molecular flexibility index (Phi) is 3.29. The van der Waals surface area contributed by atoms with E-state index >= 15 is 0 Å². The van der Waals surface area contributed by atoms with Crippen LogP contribution in [0.25, 0.3) is 0 Å². The third-order valence-corrected chi connectivity index (χ3v) is 2.88. The van der Waals surface area contributed by atoms with Crippen LogP contribution in [-0.4, -0.2) is 0 Å². The molecule has 0 amide bonds. The van der Waals surface area contributed by atoms with Crippen LogP contribution in [0.15, 0.2) is 53.0 Å². The summed E-state index contributed by atoms with van der Waals surface area (Å²) in [7, 11) is 0. The first-order valence-electron chi connectivity index (χ1n) is 4.53. The molecule has 0 unspecified atom stereocenters. The van der Waals surface area contributed by atoms with E-state index < -0.39 is 0 Å². The molecule has 0 aliphatic heterocycles. The summed E-state index contributed by atoms with van der Waals surface area (Å²) in [5.41, 5.74) is 2.06. The Morgan fingerprint density at radius 1 is 1.00 bits per heavy atom. The molecule has 15 heavy (non-hydrogen) atoms. The molecule has 0 aliphatic rings. The van der Waals surface area contributed by atoms with Crippen molar-refractivity contribution in [2.45, 2.75) is 0 Å². The zero-order chi connectivity index (χ0) is 10.7. The van der Waals surface area contributed by atoms with Crippen LogP contribution in [0.2, 0.25) is 5.02 Å². The monoisotopic (exact) mass is 281 g/mol. The third-order valence-electron chi connectivity index (χ3n) is 1.98. The Morgan fingerprint density at radius 2 is 1.73 bits per heavy atom. The van der Waals surface area contributed by atoms with Crippen molar-refractivity contribution < 1.29 is 0 Å². The van der Waals surface area contributed by atoms with E-state index in [2.05, 4.69) is 21.2 Å². The van der Waals surface area contributed by atoms with Crippen molar-refractivity contribution in [1.29, 1.82) is 0 Å². The highest BCUT2D eigenvalue weighted by atomic mass is 79.9. The van der Waals surface area contributed by atoms with Crippen molar-refractivity contribution in [3.05, 3.63) is 58.0 Å². The lowest BCUT2D eigenvalue weighted by Gasteiger charge is -2.08. The summed E-state index contributed by atoms with van der Waals surface area (Å²) in [5, 5.41) is 4.02. The van der Waals surface area contributed by atoms with Gasteiger partial charge in [-0.15, -0.1) is 0 Å². The van der Waals surface area contributed by atoms with E-state index in [1.165, 1.54) is 0 Å². The van der Waals surface area contributed by atoms with Gasteiger partial charge in [-0.3, -0.25) is 0 Å². The van der Waals surface area contributed by atoms with Gasteiger partial charge in [0.25, 0.3) is 0 Å². The molecule has 0 aliphatic carbocycles. The standard InChI is InChI=1S/C12H9BrClN/c13-11-8-9(14)6-7-12(11)15-10-4-2-1-3-5-10/h1-8,15H. The second-order valence-corrected chi connectivity index (χ2v) is 4.41. The number of halogens is 2. The zero-order valence-electron chi connectivity index (χ0n) is 7.87. The van der Waals surface area contributed by atoms with Crippen LogP contribution in [0.3, 0.4) is 0 Å². The molecule has 0 aromatic heterocycles. The van der Waals surface area contributed by atoms with Gasteiger partial charge in [0.15, 0.2) is 0 Å². The molecule has 0 radical (unpaired) electrons. The van der Waals surface area contributed by atoms with Crippen LogP contribution >= 0.6 is 27.5 Å². The molecule has 1 N–H and O–H groups in total. The molecule has 2 aromatic carbocycles. The SMILES string of the molecule is Clc1ccc(Nc2ccccc2)c(Br)c1. The van der Waals surface area contributed by atoms with Gasteiger partial charge in [-0.05, 0) is 46.3 Å². The van der Waals surface area contributed by atoms with E-state index in [1.54, 1.807) is 0 Å². The van der Waals surface area contributed by atoms with Crippen molar-refractivity contribution in [2.75, 3.05) is 5.32 Å². The lowest BCUT2D eigenvalue weighted by molar-refractivity contribution is 1.52. The van der Waals surface area contributed by atoms with Gasteiger partial charge in [0.1, 0.15) is 0 Å². The lowest BCUT2D eigenvalue weighted by atomic mass is 10.3. The fraction of sp³-hybridized carbons (Fsp3) is 0. The van der Waals surface area contributed by atoms with Gasteiger partial charge < -0.3 is 5.32 Å². The van der Waals surface area contributed by atoms with E-state index in [4.69, 9.17) is 11.6 Å². The molecule has 0 bridgehead atoms. The molecule has 1 nitrogen and oxygen atoms in total. The van der Waals surface area contributed by atoms with Gasteiger partial charge in [-0.2, -0.15) is 0 Å². The molecule has 0 heterocycles. The molecule has 76 valence electrons. The molecule has 2 rings (SSSR count). The summed E-state index contributed by atoms with van der Waals surface area (Å²) in [4.78, 5) is 0. The highest BCUT2D eigenvalue weighted by Gasteiger charge is 2.00. The van der Waals surface area contributed by atoms with Gasteiger partial charge in [0, 0.05) is 15.2 Å². The first kappa shape index (κ1) is 10.5. The van der Waals surface area contributed by atoms with Gasteiger partial charge >= 0.3 is 0 Å². The van der Waals surface area contributed by atoms with E-state index in [1.807, 2.05) is 48.5 Å². The fourth-order valence-electron chi connectivity index (χ4n) is 1.27. The molecule has 0 spiro atoms. The van der Waals surface area contributed by atoms with Crippen LogP contribution in [0, 0.1) is 0 Å². The van der Waals surface area contributed by atoms with Crippen LogP contribution in [0.4, 0.5) is 11.4 Å². The summed E-state index contributed by atoms with van der Waals surface area (Å²) < 4.78 is 0.957. The Bertz CT molecular complexity index is 456. The normalized spacial score (nSPS) is 10.0. The minimum Gasteiger partial charge on any atom is -0.355 e. The Hall–Kier alpha value is -0.990. The molecule has 0 fully saturated rings. The average Bonchev–Trinajstić information content (AvgIpc) is 2.24. The van der Waals surface area contributed by atoms with E-state index in [0.29, 0.717) is 0 Å². The maximum absolute atomic E-state index is 5.86. The van der Waals surface area contributed by atoms with Crippen LogP contribution in [0.5, 0.6) is 0 Å². The van der Waals surface area contributed by atoms with E-state index in [-0.39, 0.29) is 0 Å². The number of para-hydroxylation sites is 1. The summed E-state index contributed by atoms with van der Waals surface area (Å²) in [6.07, 6.45) is 0. The first-order chi connectivity index (χ1) is 7.25. The third kappa shape index (κ3) is 2.74. The molecule has 3 heteroatoms. The molecule has 0 atom stereocenters. The summed E-state index contributed by atoms with van der Waals surface area (Å²) in [6, 6.07) is 15.7. The summed E-state index contributed by atoms with van der Waals surface area (Å²) >= 11 is 9.32. The van der Waals surface area contributed by atoms with Gasteiger partial charge in [0.2, 0.25) is 0 Å². The predicted octanol–water partition coefficient (Wildman–Crippen LogP) is 4.85. The number of anilines is 2. The summed E-state index contributed by atoms with van der Waals surface area (Å²) in [5.74, 6) is 0. The Balaban J connectivity index is 2.25. The van der Waals surface area contributed by atoms with Crippen molar-refractivity contribution in [2.24, 2.45) is 0 Å². The molecular weight excluding hydrogens is 273 g/mol. The van der Waals surface area contributed by atoms with Gasteiger partial charge in [-0.1, -0.05) is 29.8 Å². The summed E-state index contributed by atoms with van der Waals surface area (Å²) in [6.45, 7) is 0. The highest BCUT2D eigenvalue weighted by Crippen LogP contribution is 2.28. The largest absolute Gasteiger partial charge is 0.355 e. The highest BCUT2D eigenvalue weighted by molar-refractivity contribution is 9.10. The maximum Gasteiger partial charge on any atom is 0.0529 e. The molecule has 0 saturated carbocycles. The van der Waals surface area contributed by atoms with Crippen molar-refractivity contribution in [3.8, 4) is 0 Å². The predicted molar refractivity (Wildman–Crippen MR) is 68.9 cm³/mol. The van der Waals surface area contributed by atoms with Gasteiger partial charge in [-0.25, -0.2) is 0 Å². The fourth-order valence-corrected chi connectivity index (χ4v) is 2.05. The van der Waals surface area contributed by atoms with Crippen LogP contribution in [-0.2, 0) is 0 Å². The van der Waals surface area contributed by atoms with Crippen LogP contribution in [0.1, 0.15) is 0 Å². The first-order valence-corrected chi connectivity index (χ1v) is 5.70. The Labute approximate surface area is 102 Å². The number of hydrogen-bond acceptors (Lipinski definition) is 1. The van der Waals surface area contributed by atoms with Crippen molar-refractivity contribution >= 4 is 38.9 Å². The number of benzene rings is 2. The van der Waals surface area contributed by atoms with E-state index in [9.17, 15) is 0 Å². The molecular formula is C12H9BrClN. The maximum atomic E-state index is 5.86. The second kappa shape index (κ2) is 4.69. The van der Waals surface area contributed by atoms with E-state index in [0.717, 1.165) is 20.9 Å². The minimum absolute atomic E-state index is 0.723. The average molecular weight is 283 g/mol. The number of rotatable bonds is 2. The Morgan fingerprint density at radius 3 is 2.40 bits per heavy atom. The topological polar surface area (TPSA) is 12.0 Å². The molecule has 0 saturated heterocycles. The smallest absolute Gasteiger partial charge is 0.0529 e.